The lowest BCUT2D eigenvalue weighted by molar-refractivity contribution is 0.404. The van der Waals surface area contributed by atoms with Crippen LogP contribution in [0, 0.1) is 0 Å². The Bertz CT molecular complexity index is 629. The minimum atomic E-state index is 0.653. The largest absolute Gasteiger partial charge is 0.493 e. The number of nitrogens with one attached hydrogen (secondary N) is 1. The number of ether oxygens (including phenoxy) is 1. The van der Waals surface area contributed by atoms with Crippen LogP contribution in [-0.4, -0.2) is 12.1 Å². The molecule has 2 aromatic heterocycles. The molecule has 1 aliphatic rings. The average Bonchev–Trinajstić information content (AvgIpc) is 2.98. The number of H-pyrrole nitrogens is 1. The minimum Gasteiger partial charge on any atom is -0.493 e. The van der Waals surface area contributed by atoms with Gasteiger partial charge < -0.3 is 14.1 Å². The van der Waals surface area contributed by atoms with Crippen LogP contribution in [0.1, 0.15) is 44.3 Å². The SMILES string of the molecule is COc1cc(-c2[nH]ccc2Cl)oc1C=C1CCCCCC1. The first kappa shape index (κ1) is 14.3. The number of rotatable bonds is 3. The van der Waals surface area contributed by atoms with E-state index in [0.29, 0.717) is 10.8 Å². The third kappa shape index (κ3) is 3.18. The van der Waals surface area contributed by atoms with Crippen molar-refractivity contribution in [2.24, 2.45) is 0 Å². The molecule has 2 heterocycles. The number of halogens is 1. The quantitative estimate of drug-likeness (QED) is 0.741. The fourth-order valence-electron chi connectivity index (χ4n) is 2.82. The van der Waals surface area contributed by atoms with Crippen LogP contribution in [0.2, 0.25) is 5.02 Å². The van der Waals surface area contributed by atoms with Crippen LogP contribution in [0.4, 0.5) is 0 Å². The van der Waals surface area contributed by atoms with Crippen LogP contribution in [0.25, 0.3) is 17.5 Å². The Balaban J connectivity index is 1.93. The molecular weight excluding hydrogens is 286 g/mol. The Hall–Kier alpha value is -1.61. The van der Waals surface area contributed by atoms with E-state index in [0.717, 1.165) is 30.0 Å². The maximum absolute atomic E-state index is 6.15. The zero-order chi connectivity index (χ0) is 14.7. The summed E-state index contributed by atoms with van der Waals surface area (Å²) in [7, 11) is 1.67. The third-order valence-electron chi connectivity index (χ3n) is 3.97. The zero-order valence-corrected chi connectivity index (χ0v) is 13.0. The van der Waals surface area contributed by atoms with Gasteiger partial charge in [0.15, 0.2) is 17.3 Å². The molecule has 0 aromatic carbocycles. The summed E-state index contributed by atoms with van der Waals surface area (Å²) in [6.45, 7) is 0. The second-order valence-corrected chi connectivity index (χ2v) is 5.87. The van der Waals surface area contributed by atoms with Gasteiger partial charge in [-0.05, 0) is 37.8 Å². The van der Waals surface area contributed by atoms with E-state index in [-0.39, 0.29) is 0 Å². The van der Waals surface area contributed by atoms with Crippen molar-refractivity contribution < 1.29 is 9.15 Å². The van der Waals surface area contributed by atoms with Gasteiger partial charge in [0, 0.05) is 12.3 Å². The topological polar surface area (TPSA) is 38.2 Å². The lowest BCUT2D eigenvalue weighted by Crippen LogP contribution is -1.84. The van der Waals surface area contributed by atoms with Gasteiger partial charge in [0.1, 0.15) is 5.69 Å². The van der Waals surface area contributed by atoms with Gasteiger partial charge in [-0.3, -0.25) is 0 Å². The highest BCUT2D eigenvalue weighted by Crippen LogP contribution is 2.36. The lowest BCUT2D eigenvalue weighted by Gasteiger charge is -2.02. The van der Waals surface area contributed by atoms with Gasteiger partial charge in [0.25, 0.3) is 0 Å². The van der Waals surface area contributed by atoms with E-state index in [9.17, 15) is 0 Å². The molecule has 0 atom stereocenters. The fraction of sp³-hybridized carbons (Fsp3) is 0.412. The number of hydrogen-bond donors (Lipinski definition) is 1. The van der Waals surface area contributed by atoms with Crippen molar-refractivity contribution in [1.29, 1.82) is 0 Å². The standard InChI is InChI=1S/C17H20ClNO2/c1-20-14-11-16(17-13(18)8-9-19-17)21-15(14)10-12-6-4-2-3-5-7-12/h8-11,19H,2-7H2,1H3. The molecule has 1 aliphatic carbocycles. The molecule has 21 heavy (non-hydrogen) atoms. The number of aromatic amines is 1. The Morgan fingerprint density at radius 1 is 1.24 bits per heavy atom. The van der Waals surface area contributed by atoms with Gasteiger partial charge >= 0.3 is 0 Å². The van der Waals surface area contributed by atoms with E-state index in [4.69, 9.17) is 20.8 Å². The van der Waals surface area contributed by atoms with E-state index >= 15 is 0 Å². The molecule has 1 fully saturated rings. The van der Waals surface area contributed by atoms with Gasteiger partial charge in [-0.1, -0.05) is 30.0 Å². The van der Waals surface area contributed by atoms with Crippen LogP contribution >= 0.6 is 11.6 Å². The van der Waals surface area contributed by atoms with Gasteiger partial charge in [-0.25, -0.2) is 0 Å². The molecular formula is C17H20ClNO2. The molecule has 0 radical (unpaired) electrons. The van der Waals surface area contributed by atoms with Crippen molar-refractivity contribution >= 4 is 17.7 Å². The van der Waals surface area contributed by atoms with E-state index in [2.05, 4.69) is 11.1 Å². The van der Waals surface area contributed by atoms with Crippen molar-refractivity contribution in [2.45, 2.75) is 38.5 Å². The summed E-state index contributed by atoms with van der Waals surface area (Å²) >= 11 is 6.15. The molecule has 0 aliphatic heterocycles. The summed E-state index contributed by atoms with van der Waals surface area (Å²) in [4.78, 5) is 3.10. The predicted octanol–water partition coefficient (Wildman–Crippen LogP) is 5.67. The highest BCUT2D eigenvalue weighted by Gasteiger charge is 2.15. The maximum Gasteiger partial charge on any atom is 0.169 e. The highest BCUT2D eigenvalue weighted by molar-refractivity contribution is 6.33. The normalized spacial score (nSPS) is 15.8. The molecule has 3 nitrogen and oxygen atoms in total. The number of methoxy groups -OCH3 is 1. The minimum absolute atomic E-state index is 0.653. The van der Waals surface area contributed by atoms with Crippen LogP contribution in [0.5, 0.6) is 5.75 Å². The second kappa shape index (κ2) is 6.44. The molecule has 0 saturated heterocycles. The Kier molecular flexibility index (Phi) is 4.39. The number of allylic oxidation sites excluding steroid dienone is 1. The van der Waals surface area contributed by atoms with Crippen molar-refractivity contribution in [3.8, 4) is 17.2 Å². The zero-order valence-electron chi connectivity index (χ0n) is 12.2. The van der Waals surface area contributed by atoms with E-state index in [1.54, 1.807) is 13.3 Å². The van der Waals surface area contributed by atoms with Gasteiger partial charge in [0.2, 0.25) is 0 Å². The van der Waals surface area contributed by atoms with Crippen molar-refractivity contribution in [2.75, 3.05) is 7.11 Å². The summed E-state index contributed by atoms with van der Waals surface area (Å²) in [6, 6.07) is 3.70. The van der Waals surface area contributed by atoms with Crippen LogP contribution in [0.15, 0.2) is 28.3 Å². The fourth-order valence-corrected chi connectivity index (χ4v) is 3.03. The Morgan fingerprint density at radius 2 is 2.00 bits per heavy atom. The molecule has 4 heteroatoms. The Morgan fingerprint density at radius 3 is 2.62 bits per heavy atom. The molecule has 0 unspecified atom stereocenters. The van der Waals surface area contributed by atoms with Gasteiger partial charge in [-0.15, -0.1) is 0 Å². The molecule has 3 rings (SSSR count). The highest BCUT2D eigenvalue weighted by atomic mass is 35.5. The lowest BCUT2D eigenvalue weighted by atomic mass is 10.1. The molecule has 0 amide bonds. The van der Waals surface area contributed by atoms with Crippen molar-refractivity contribution in [3.63, 3.8) is 0 Å². The number of hydrogen-bond acceptors (Lipinski definition) is 2. The third-order valence-corrected chi connectivity index (χ3v) is 4.28. The monoisotopic (exact) mass is 305 g/mol. The molecule has 1 saturated carbocycles. The summed E-state index contributed by atoms with van der Waals surface area (Å²) in [5.74, 6) is 2.25. The molecule has 112 valence electrons. The van der Waals surface area contributed by atoms with E-state index < -0.39 is 0 Å². The summed E-state index contributed by atoms with van der Waals surface area (Å²) in [6.07, 6.45) is 11.5. The van der Waals surface area contributed by atoms with Crippen LogP contribution in [0.3, 0.4) is 0 Å². The van der Waals surface area contributed by atoms with Crippen molar-refractivity contribution in [1.82, 2.24) is 4.98 Å². The second-order valence-electron chi connectivity index (χ2n) is 5.46. The van der Waals surface area contributed by atoms with Crippen LogP contribution in [-0.2, 0) is 0 Å². The van der Waals surface area contributed by atoms with Crippen LogP contribution < -0.4 is 4.74 Å². The first-order chi connectivity index (χ1) is 10.3. The molecule has 2 aromatic rings. The van der Waals surface area contributed by atoms with E-state index in [1.165, 1.54) is 31.3 Å². The predicted molar refractivity (Wildman–Crippen MR) is 85.7 cm³/mol. The van der Waals surface area contributed by atoms with Gasteiger partial charge in [0.05, 0.1) is 12.1 Å². The summed E-state index contributed by atoms with van der Waals surface area (Å²) in [5, 5.41) is 0.653. The summed E-state index contributed by atoms with van der Waals surface area (Å²) in [5.41, 5.74) is 2.24. The molecule has 0 bridgehead atoms. The number of furan rings is 1. The Labute approximate surface area is 129 Å². The first-order valence-corrected chi connectivity index (χ1v) is 7.86. The summed E-state index contributed by atoms with van der Waals surface area (Å²) < 4.78 is 11.4. The average molecular weight is 306 g/mol. The maximum atomic E-state index is 6.15. The molecule has 0 spiro atoms. The van der Waals surface area contributed by atoms with E-state index in [1.807, 2.05) is 12.1 Å². The first-order valence-electron chi connectivity index (χ1n) is 7.48. The number of aromatic nitrogens is 1. The van der Waals surface area contributed by atoms with Gasteiger partial charge in [-0.2, -0.15) is 0 Å². The molecule has 1 N–H and O–H groups in total. The van der Waals surface area contributed by atoms with Crippen molar-refractivity contribution in [3.05, 3.63) is 34.7 Å². The smallest absolute Gasteiger partial charge is 0.169 e.